The molecule has 0 aromatic carbocycles. The first-order chi connectivity index (χ1) is 13.5. The van der Waals surface area contributed by atoms with E-state index in [0.717, 1.165) is 49.2 Å². The summed E-state index contributed by atoms with van der Waals surface area (Å²) in [5.41, 5.74) is 1.37. The van der Waals surface area contributed by atoms with E-state index in [2.05, 4.69) is 24.4 Å². The fourth-order valence-electron chi connectivity index (χ4n) is 6.54. The van der Waals surface area contributed by atoms with Gasteiger partial charge in [-0.15, -0.1) is 0 Å². The van der Waals surface area contributed by atoms with Crippen LogP contribution < -0.4 is 4.90 Å². The molecule has 0 radical (unpaired) electrons. The molecule has 2 aromatic rings. The second kappa shape index (κ2) is 5.62. The summed E-state index contributed by atoms with van der Waals surface area (Å²) < 4.78 is 29.1. The van der Waals surface area contributed by atoms with Crippen LogP contribution in [0, 0.1) is 23.2 Å². The maximum atomic E-state index is 13.4. The molecule has 3 heterocycles. The third-order valence-corrected chi connectivity index (χ3v) is 7.85. The number of aliphatic hydroxyl groups excluding tert-OH is 1. The Balaban J connectivity index is 1.27. The summed E-state index contributed by atoms with van der Waals surface area (Å²) in [4.78, 5) is 15.8. The van der Waals surface area contributed by atoms with E-state index in [4.69, 9.17) is 0 Å². The average molecular weight is 389 g/mol. The lowest BCUT2D eigenvalue weighted by atomic mass is 9.65. The Morgan fingerprint density at radius 3 is 2.79 bits per heavy atom. The molecular weight excluding hydrogens is 364 g/mol. The lowest BCUT2D eigenvalue weighted by molar-refractivity contribution is -0.152. The van der Waals surface area contributed by atoms with Gasteiger partial charge < -0.3 is 14.6 Å². The standard InChI is InChI=1S/C20H25F2N5O/c21-20(22)7-19(8-20)1-2-26(9-19)17-16-18(24-10-23-17)27(11-25-16)15-5-13-3-12(6-28)4-14(13)15/h10-15,28H,1-9H2/t12?,13-,14-,15?/m1/s1. The van der Waals surface area contributed by atoms with Crippen molar-refractivity contribution < 1.29 is 13.9 Å². The molecule has 1 spiro atoms. The zero-order valence-corrected chi connectivity index (χ0v) is 15.8. The number of aromatic nitrogens is 4. The number of alkyl halides is 2. The summed E-state index contributed by atoms with van der Waals surface area (Å²) in [6.07, 6.45) is 7.57. The number of imidazole rings is 1. The molecule has 0 bridgehead atoms. The van der Waals surface area contributed by atoms with E-state index >= 15 is 0 Å². The molecule has 2 aromatic heterocycles. The molecule has 4 aliphatic rings. The first kappa shape index (κ1) is 17.1. The highest BCUT2D eigenvalue weighted by Crippen LogP contribution is 2.58. The number of aliphatic hydroxyl groups is 1. The van der Waals surface area contributed by atoms with Gasteiger partial charge in [-0.1, -0.05) is 0 Å². The van der Waals surface area contributed by atoms with Crippen LogP contribution in [-0.4, -0.2) is 50.2 Å². The van der Waals surface area contributed by atoms with Crippen molar-refractivity contribution in [2.75, 3.05) is 24.6 Å². The van der Waals surface area contributed by atoms with Crippen LogP contribution >= 0.6 is 0 Å². The zero-order valence-electron chi connectivity index (χ0n) is 15.8. The lowest BCUT2D eigenvalue weighted by Crippen LogP contribution is -2.47. The molecular formula is C20H25F2N5O. The number of rotatable bonds is 3. The number of nitrogens with zero attached hydrogens (tertiary/aromatic N) is 5. The fourth-order valence-corrected chi connectivity index (χ4v) is 6.54. The minimum atomic E-state index is -2.49. The first-order valence-corrected chi connectivity index (χ1v) is 10.4. The van der Waals surface area contributed by atoms with Crippen LogP contribution in [0.1, 0.15) is 44.6 Å². The molecule has 1 saturated heterocycles. The van der Waals surface area contributed by atoms with Crippen LogP contribution in [0.2, 0.25) is 0 Å². The van der Waals surface area contributed by atoms with Gasteiger partial charge >= 0.3 is 0 Å². The highest BCUT2D eigenvalue weighted by atomic mass is 19.3. The van der Waals surface area contributed by atoms with Crippen LogP contribution in [-0.2, 0) is 0 Å². The van der Waals surface area contributed by atoms with E-state index in [1.165, 1.54) is 0 Å². The molecule has 1 N–H and O–H groups in total. The smallest absolute Gasteiger partial charge is 0.249 e. The average Bonchev–Trinajstić information content (AvgIpc) is 3.32. The SMILES string of the molecule is OCC1C[C@@H]2CC(n3cnc4c(N5CCC6(C5)CC(F)(F)C6)ncnc43)[C@@H]2C1. The minimum Gasteiger partial charge on any atom is -0.396 e. The van der Waals surface area contributed by atoms with E-state index in [1.54, 1.807) is 6.33 Å². The van der Waals surface area contributed by atoms with Gasteiger partial charge in [0.25, 0.3) is 0 Å². The van der Waals surface area contributed by atoms with Gasteiger partial charge in [0.2, 0.25) is 5.92 Å². The molecule has 6 rings (SSSR count). The van der Waals surface area contributed by atoms with Crippen molar-refractivity contribution in [2.24, 2.45) is 23.2 Å². The molecule has 4 fully saturated rings. The molecule has 28 heavy (non-hydrogen) atoms. The summed E-state index contributed by atoms with van der Waals surface area (Å²) in [6.45, 7) is 1.67. The van der Waals surface area contributed by atoms with Crippen molar-refractivity contribution >= 4 is 17.0 Å². The molecule has 4 atom stereocenters. The van der Waals surface area contributed by atoms with E-state index in [9.17, 15) is 13.9 Å². The van der Waals surface area contributed by atoms with Gasteiger partial charge in [-0.2, -0.15) is 0 Å². The van der Waals surface area contributed by atoms with E-state index in [0.29, 0.717) is 30.3 Å². The highest BCUT2D eigenvalue weighted by molar-refractivity contribution is 5.83. The van der Waals surface area contributed by atoms with Crippen molar-refractivity contribution in [1.29, 1.82) is 0 Å². The number of anilines is 1. The van der Waals surface area contributed by atoms with Crippen LogP contribution in [0.25, 0.3) is 11.2 Å². The lowest BCUT2D eigenvalue weighted by Gasteiger charge is -2.44. The molecule has 1 aliphatic heterocycles. The van der Waals surface area contributed by atoms with E-state index in [-0.39, 0.29) is 24.9 Å². The van der Waals surface area contributed by atoms with Gasteiger partial charge in [0.15, 0.2) is 17.0 Å². The number of hydrogen-bond acceptors (Lipinski definition) is 5. The molecule has 8 heteroatoms. The Morgan fingerprint density at radius 2 is 2.00 bits per heavy atom. The van der Waals surface area contributed by atoms with Crippen LogP contribution in [0.3, 0.4) is 0 Å². The number of hydrogen-bond donors (Lipinski definition) is 1. The molecule has 2 unspecified atom stereocenters. The Hall–Kier alpha value is -1.83. The van der Waals surface area contributed by atoms with E-state index in [1.807, 2.05) is 6.33 Å². The quantitative estimate of drug-likeness (QED) is 0.874. The second-order valence-corrected chi connectivity index (χ2v) is 9.65. The monoisotopic (exact) mass is 389 g/mol. The molecule has 6 nitrogen and oxygen atoms in total. The number of halogens is 2. The summed E-state index contributed by atoms with van der Waals surface area (Å²) in [7, 11) is 0. The predicted molar refractivity (Wildman–Crippen MR) is 99.2 cm³/mol. The summed E-state index contributed by atoms with van der Waals surface area (Å²) in [6, 6.07) is 0.393. The molecule has 3 saturated carbocycles. The zero-order chi connectivity index (χ0) is 19.1. The predicted octanol–water partition coefficient (Wildman–Crippen LogP) is 3.03. The topological polar surface area (TPSA) is 67.1 Å². The van der Waals surface area contributed by atoms with Crippen molar-refractivity contribution in [1.82, 2.24) is 19.5 Å². The van der Waals surface area contributed by atoms with Gasteiger partial charge in [-0.25, -0.2) is 23.7 Å². The van der Waals surface area contributed by atoms with Gasteiger partial charge in [0.05, 0.1) is 6.33 Å². The van der Waals surface area contributed by atoms with Crippen molar-refractivity contribution in [3.8, 4) is 0 Å². The molecule has 3 aliphatic carbocycles. The third-order valence-electron chi connectivity index (χ3n) is 7.85. The normalized spacial score (nSPS) is 35.2. The van der Waals surface area contributed by atoms with Crippen LogP contribution in [0.5, 0.6) is 0 Å². The van der Waals surface area contributed by atoms with Gasteiger partial charge in [-0.3, -0.25) is 0 Å². The summed E-state index contributed by atoms with van der Waals surface area (Å²) >= 11 is 0. The third kappa shape index (κ3) is 2.36. The fraction of sp³-hybridized carbons (Fsp3) is 0.750. The highest BCUT2D eigenvalue weighted by Gasteiger charge is 2.59. The Morgan fingerprint density at radius 1 is 1.14 bits per heavy atom. The summed E-state index contributed by atoms with van der Waals surface area (Å²) in [5.74, 6) is 0.0279. The van der Waals surface area contributed by atoms with Gasteiger partial charge in [0.1, 0.15) is 6.33 Å². The van der Waals surface area contributed by atoms with E-state index < -0.39 is 5.92 Å². The Labute approximate surface area is 162 Å². The maximum Gasteiger partial charge on any atom is 0.249 e. The Kier molecular flexibility index (Phi) is 3.42. The maximum absolute atomic E-state index is 13.4. The molecule has 150 valence electrons. The molecule has 0 amide bonds. The summed E-state index contributed by atoms with van der Waals surface area (Å²) in [5, 5.41) is 9.48. The van der Waals surface area contributed by atoms with Crippen molar-refractivity contribution in [3.05, 3.63) is 12.7 Å². The van der Waals surface area contributed by atoms with Crippen LogP contribution in [0.15, 0.2) is 12.7 Å². The van der Waals surface area contributed by atoms with Crippen LogP contribution in [0.4, 0.5) is 14.6 Å². The van der Waals surface area contributed by atoms with Gasteiger partial charge in [0, 0.05) is 44.0 Å². The first-order valence-electron chi connectivity index (χ1n) is 10.4. The second-order valence-electron chi connectivity index (χ2n) is 9.65. The number of fused-ring (bicyclic) bond motifs is 2. The van der Waals surface area contributed by atoms with Crippen molar-refractivity contribution in [3.63, 3.8) is 0 Å². The minimum absolute atomic E-state index is 0.00364. The largest absolute Gasteiger partial charge is 0.396 e. The van der Waals surface area contributed by atoms with Crippen molar-refractivity contribution in [2.45, 2.75) is 50.5 Å². The Bertz CT molecular complexity index is 922. The van der Waals surface area contributed by atoms with Gasteiger partial charge in [-0.05, 0) is 43.4 Å².